The quantitative estimate of drug-likeness (QED) is 0.653. The summed E-state index contributed by atoms with van der Waals surface area (Å²) < 4.78 is 0. The number of urea groups is 1. The first kappa shape index (κ1) is 18.4. The third-order valence-electron chi connectivity index (χ3n) is 4.20. The van der Waals surface area contributed by atoms with Crippen molar-refractivity contribution in [1.82, 2.24) is 21.1 Å². The Hall–Kier alpha value is -1.93. The van der Waals surface area contributed by atoms with Crippen LogP contribution in [0.3, 0.4) is 0 Å². The number of amides is 4. The van der Waals surface area contributed by atoms with Gasteiger partial charge in [0.05, 0.1) is 6.54 Å². The van der Waals surface area contributed by atoms with Gasteiger partial charge >= 0.3 is 6.03 Å². The van der Waals surface area contributed by atoms with Gasteiger partial charge in [0.25, 0.3) is 11.8 Å². The molecule has 1 saturated heterocycles. The van der Waals surface area contributed by atoms with Crippen LogP contribution in [-0.2, 0) is 9.59 Å². The predicted molar refractivity (Wildman–Crippen MR) is 92.1 cm³/mol. The average molecular weight is 352 g/mol. The lowest BCUT2D eigenvalue weighted by molar-refractivity contribution is -0.138. The summed E-state index contributed by atoms with van der Waals surface area (Å²) in [6.45, 7) is 7.60. The maximum atomic E-state index is 12.2. The summed E-state index contributed by atoms with van der Waals surface area (Å²) >= 11 is 1.62. The number of hydrogen-bond donors (Lipinski definition) is 3. The SMILES string of the molecule is CCC1(C)NC(=O)N(NC(=O)CNC(c2cccs2)C(C)C)C1=O. The van der Waals surface area contributed by atoms with Crippen molar-refractivity contribution in [3.63, 3.8) is 0 Å². The highest BCUT2D eigenvalue weighted by molar-refractivity contribution is 7.10. The average Bonchev–Trinajstić information content (AvgIpc) is 3.11. The van der Waals surface area contributed by atoms with Crippen LogP contribution in [0.25, 0.3) is 0 Å². The monoisotopic (exact) mass is 352 g/mol. The largest absolute Gasteiger partial charge is 0.344 e. The Morgan fingerprint density at radius 2 is 2.12 bits per heavy atom. The molecule has 1 fully saturated rings. The summed E-state index contributed by atoms with van der Waals surface area (Å²) in [4.78, 5) is 37.4. The molecule has 2 rings (SSSR count). The smallest absolute Gasteiger partial charge is 0.322 e. The molecular weight excluding hydrogens is 328 g/mol. The summed E-state index contributed by atoms with van der Waals surface area (Å²) in [5.41, 5.74) is 1.42. The minimum atomic E-state index is -0.963. The van der Waals surface area contributed by atoms with Gasteiger partial charge in [-0.3, -0.25) is 15.0 Å². The number of nitrogens with one attached hydrogen (secondary N) is 3. The molecular formula is C16H24N4O3S. The van der Waals surface area contributed by atoms with Gasteiger partial charge in [0.15, 0.2) is 0 Å². The zero-order chi connectivity index (χ0) is 17.9. The van der Waals surface area contributed by atoms with Crippen molar-refractivity contribution >= 4 is 29.2 Å². The molecule has 24 heavy (non-hydrogen) atoms. The highest BCUT2D eigenvalue weighted by Crippen LogP contribution is 2.25. The van der Waals surface area contributed by atoms with Crippen LogP contribution in [0, 0.1) is 5.92 Å². The summed E-state index contributed by atoms with van der Waals surface area (Å²) in [6.07, 6.45) is 0.454. The summed E-state index contributed by atoms with van der Waals surface area (Å²) in [5, 5.41) is 8.54. The third-order valence-corrected chi connectivity index (χ3v) is 5.16. The maximum absolute atomic E-state index is 12.2. The van der Waals surface area contributed by atoms with Crippen LogP contribution in [0.15, 0.2) is 17.5 Å². The van der Waals surface area contributed by atoms with E-state index in [1.165, 1.54) is 0 Å². The Balaban J connectivity index is 1.94. The van der Waals surface area contributed by atoms with Crippen LogP contribution < -0.4 is 16.1 Å². The number of nitrogens with zero attached hydrogens (tertiary/aromatic N) is 1. The predicted octanol–water partition coefficient (Wildman–Crippen LogP) is 1.79. The summed E-state index contributed by atoms with van der Waals surface area (Å²) in [5.74, 6) is -0.570. The molecule has 0 spiro atoms. The topological polar surface area (TPSA) is 90.5 Å². The third kappa shape index (κ3) is 3.76. The number of hydrogen-bond acceptors (Lipinski definition) is 5. The van der Waals surface area contributed by atoms with Gasteiger partial charge < -0.3 is 10.6 Å². The van der Waals surface area contributed by atoms with E-state index in [2.05, 4.69) is 29.9 Å². The second kappa shape index (κ2) is 7.31. The standard InChI is InChI=1S/C16H24N4O3S/c1-5-16(4)14(22)20(15(23)18-16)19-12(21)9-17-13(10(2)3)11-7-6-8-24-11/h6-8,10,13,17H,5,9H2,1-4H3,(H,18,23)(H,19,21). The molecule has 0 bridgehead atoms. The van der Waals surface area contributed by atoms with Crippen molar-refractivity contribution in [3.8, 4) is 0 Å². The van der Waals surface area contributed by atoms with Crippen LogP contribution in [-0.4, -0.2) is 34.9 Å². The number of carbonyl (C=O) groups excluding carboxylic acids is 3. The lowest BCUT2D eigenvalue weighted by Gasteiger charge is -2.22. The van der Waals surface area contributed by atoms with E-state index >= 15 is 0 Å². The minimum absolute atomic E-state index is 0.0145. The molecule has 4 amide bonds. The van der Waals surface area contributed by atoms with Crippen LogP contribution >= 0.6 is 11.3 Å². The highest BCUT2D eigenvalue weighted by atomic mass is 32.1. The highest BCUT2D eigenvalue weighted by Gasteiger charge is 2.47. The van der Waals surface area contributed by atoms with Crippen molar-refractivity contribution in [2.24, 2.45) is 5.92 Å². The molecule has 1 aromatic rings. The van der Waals surface area contributed by atoms with Crippen molar-refractivity contribution in [2.45, 2.75) is 45.7 Å². The van der Waals surface area contributed by atoms with E-state index in [4.69, 9.17) is 0 Å². The molecule has 0 aromatic carbocycles. The summed E-state index contributed by atoms with van der Waals surface area (Å²) in [7, 11) is 0. The first-order valence-corrected chi connectivity index (χ1v) is 8.89. The lowest BCUT2D eigenvalue weighted by atomic mass is 10.00. The zero-order valence-corrected chi connectivity index (χ0v) is 15.2. The van der Waals surface area contributed by atoms with Gasteiger partial charge in [-0.2, -0.15) is 5.01 Å². The molecule has 1 aliphatic rings. The Bertz CT molecular complexity index is 617. The molecule has 0 aliphatic carbocycles. The van der Waals surface area contributed by atoms with Crippen molar-refractivity contribution in [2.75, 3.05) is 6.54 Å². The Morgan fingerprint density at radius 1 is 1.42 bits per heavy atom. The van der Waals surface area contributed by atoms with E-state index in [0.717, 1.165) is 9.89 Å². The number of carbonyl (C=O) groups is 3. The molecule has 7 nitrogen and oxygen atoms in total. The van der Waals surface area contributed by atoms with Crippen molar-refractivity contribution in [1.29, 1.82) is 0 Å². The fourth-order valence-corrected chi connectivity index (χ4v) is 3.50. The molecule has 2 heterocycles. The number of rotatable bonds is 7. The maximum Gasteiger partial charge on any atom is 0.344 e. The minimum Gasteiger partial charge on any atom is -0.322 e. The zero-order valence-electron chi connectivity index (χ0n) is 14.4. The molecule has 132 valence electrons. The Kier molecular flexibility index (Phi) is 5.61. The van der Waals surface area contributed by atoms with E-state index in [1.54, 1.807) is 25.2 Å². The molecule has 0 saturated carbocycles. The second-order valence-electron chi connectivity index (χ2n) is 6.41. The van der Waals surface area contributed by atoms with E-state index in [9.17, 15) is 14.4 Å². The Labute approximate surface area is 145 Å². The van der Waals surface area contributed by atoms with Crippen molar-refractivity contribution < 1.29 is 14.4 Å². The second-order valence-corrected chi connectivity index (χ2v) is 7.39. The molecule has 1 aromatic heterocycles. The van der Waals surface area contributed by atoms with Crippen molar-refractivity contribution in [3.05, 3.63) is 22.4 Å². The van der Waals surface area contributed by atoms with Gasteiger partial charge in [-0.1, -0.05) is 26.8 Å². The fourth-order valence-electron chi connectivity index (χ4n) is 2.53. The number of thiophene rings is 1. The first-order chi connectivity index (χ1) is 11.3. The molecule has 8 heteroatoms. The first-order valence-electron chi connectivity index (χ1n) is 8.01. The van der Waals surface area contributed by atoms with Gasteiger partial charge in [0.2, 0.25) is 0 Å². The number of hydrazine groups is 1. The number of imide groups is 1. The molecule has 2 unspecified atom stereocenters. The fraction of sp³-hybridized carbons (Fsp3) is 0.562. The van der Waals surface area contributed by atoms with Gasteiger partial charge in [0.1, 0.15) is 5.54 Å². The van der Waals surface area contributed by atoms with Crippen LogP contribution in [0.5, 0.6) is 0 Å². The van der Waals surface area contributed by atoms with E-state index in [1.807, 2.05) is 17.5 Å². The van der Waals surface area contributed by atoms with Crippen LogP contribution in [0.2, 0.25) is 0 Å². The van der Waals surface area contributed by atoms with Gasteiger partial charge in [0, 0.05) is 10.9 Å². The van der Waals surface area contributed by atoms with E-state index in [0.29, 0.717) is 12.3 Å². The van der Waals surface area contributed by atoms with E-state index < -0.39 is 23.4 Å². The molecule has 3 N–H and O–H groups in total. The lowest BCUT2D eigenvalue weighted by Crippen LogP contribution is -2.51. The van der Waals surface area contributed by atoms with Crippen LogP contribution in [0.1, 0.15) is 45.0 Å². The molecule has 0 radical (unpaired) electrons. The van der Waals surface area contributed by atoms with Gasteiger partial charge in [-0.05, 0) is 30.7 Å². The van der Waals surface area contributed by atoms with Gasteiger partial charge in [-0.25, -0.2) is 4.79 Å². The van der Waals surface area contributed by atoms with E-state index in [-0.39, 0.29) is 12.6 Å². The van der Waals surface area contributed by atoms with Gasteiger partial charge in [-0.15, -0.1) is 11.3 Å². The van der Waals surface area contributed by atoms with Crippen LogP contribution in [0.4, 0.5) is 4.79 Å². The Morgan fingerprint density at radius 3 is 2.62 bits per heavy atom. The summed E-state index contributed by atoms with van der Waals surface area (Å²) in [6, 6.07) is 3.43. The molecule has 1 aliphatic heterocycles. The molecule has 2 atom stereocenters. The normalized spacial score (nSPS) is 22.0.